The number of unbranched alkanes of at least 4 members (excludes halogenated alkanes) is 3. The van der Waals surface area contributed by atoms with Gasteiger partial charge in [0.1, 0.15) is 0 Å². The van der Waals surface area contributed by atoms with E-state index < -0.39 is 0 Å². The lowest BCUT2D eigenvalue weighted by Crippen LogP contribution is -2.38. The van der Waals surface area contributed by atoms with Crippen LogP contribution < -0.4 is 16.0 Å². The van der Waals surface area contributed by atoms with E-state index in [-0.39, 0.29) is 22.8 Å². The molecule has 0 rings (SSSR count). The van der Waals surface area contributed by atoms with E-state index in [0.717, 1.165) is 45.2 Å². The fraction of sp³-hybridized carbons (Fsp3) is 0.900. The van der Waals surface area contributed by atoms with Crippen molar-refractivity contribution in [2.75, 3.05) is 19.6 Å². The second-order valence-corrected chi connectivity index (χ2v) is 9.10. The van der Waals surface area contributed by atoms with Crippen LogP contribution in [0.3, 0.4) is 0 Å². The highest BCUT2D eigenvalue weighted by molar-refractivity contribution is 5.76. The van der Waals surface area contributed by atoms with Crippen LogP contribution >= 0.6 is 0 Å². The molecule has 0 aromatic carbocycles. The van der Waals surface area contributed by atoms with Crippen LogP contribution in [0.25, 0.3) is 0 Å². The molecule has 0 radical (unpaired) electrons. The van der Waals surface area contributed by atoms with Gasteiger partial charge in [-0.2, -0.15) is 0 Å². The number of carbonyl (C=O) groups excluding carboxylic acids is 2. The fourth-order valence-corrected chi connectivity index (χ4v) is 2.28. The Balaban J connectivity index is 3.41. The van der Waals surface area contributed by atoms with Gasteiger partial charge in [0.05, 0.1) is 0 Å². The molecular formula is C20H41N3O2. The lowest BCUT2D eigenvalue weighted by Gasteiger charge is -2.20. The normalized spacial score (nSPS) is 12.1. The van der Waals surface area contributed by atoms with Gasteiger partial charge in [0.15, 0.2) is 0 Å². The van der Waals surface area contributed by atoms with Crippen molar-refractivity contribution in [1.29, 1.82) is 0 Å². The zero-order valence-corrected chi connectivity index (χ0v) is 17.4. The molecule has 0 fully saturated rings. The van der Waals surface area contributed by atoms with Crippen LogP contribution in [0.1, 0.15) is 86.5 Å². The zero-order valence-electron chi connectivity index (χ0n) is 17.4. The van der Waals surface area contributed by atoms with Crippen molar-refractivity contribution in [3.05, 3.63) is 0 Å². The van der Waals surface area contributed by atoms with Crippen molar-refractivity contribution in [3.8, 4) is 0 Å². The van der Waals surface area contributed by atoms with Crippen LogP contribution in [0, 0.1) is 5.41 Å². The highest BCUT2D eigenvalue weighted by atomic mass is 16.2. The van der Waals surface area contributed by atoms with Crippen molar-refractivity contribution < 1.29 is 9.59 Å². The Morgan fingerprint density at radius 1 is 0.680 bits per heavy atom. The molecule has 0 aliphatic heterocycles. The maximum Gasteiger partial charge on any atom is 0.221 e. The monoisotopic (exact) mass is 355 g/mol. The van der Waals surface area contributed by atoms with Crippen molar-refractivity contribution in [2.24, 2.45) is 5.41 Å². The van der Waals surface area contributed by atoms with Gasteiger partial charge < -0.3 is 16.0 Å². The van der Waals surface area contributed by atoms with Crippen molar-refractivity contribution in [1.82, 2.24) is 16.0 Å². The molecule has 0 heterocycles. The third kappa shape index (κ3) is 19.1. The van der Waals surface area contributed by atoms with E-state index in [1.165, 1.54) is 0 Å². The predicted molar refractivity (Wildman–Crippen MR) is 106 cm³/mol. The average Bonchev–Trinajstić information content (AvgIpc) is 2.45. The Morgan fingerprint density at radius 3 is 1.60 bits per heavy atom. The first-order valence-corrected chi connectivity index (χ1v) is 9.78. The number of amides is 2. The van der Waals surface area contributed by atoms with Crippen LogP contribution in [0.4, 0.5) is 0 Å². The summed E-state index contributed by atoms with van der Waals surface area (Å²) >= 11 is 0. The maximum absolute atomic E-state index is 11.7. The van der Waals surface area contributed by atoms with Crippen molar-refractivity contribution in [3.63, 3.8) is 0 Å². The zero-order chi connectivity index (χ0) is 19.3. The summed E-state index contributed by atoms with van der Waals surface area (Å²) in [5.74, 6) is 0.272. The molecule has 0 aromatic heterocycles. The molecule has 0 saturated carbocycles. The van der Waals surface area contributed by atoms with Gasteiger partial charge in [0, 0.05) is 38.0 Å². The van der Waals surface area contributed by atoms with Gasteiger partial charge in [-0.15, -0.1) is 0 Å². The van der Waals surface area contributed by atoms with Gasteiger partial charge in [0.2, 0.25) is 11.8 Å². The molecule has 0 aliphatic rings. The summed E-state index contributed by atoms with van der Waals surface area (Å²) in [6.07, 6.45) is 6.22. The summed E-state index contributed by atoms with van der Waals surface area (Å²) in [5.41, 5.74) is 0.271. The van der Waals surface area contributed by atoms with E-state index in [4.69, 9.17) is 0 Å². The molecule has 0 atom stereocenters. The summed E-state index contributed by atoms with van der Waals surface area (Å²) in [5, 5.41) is 9.25. The fourth-order valence-electron chi connectivity index (χ4n) is 2.28. The standard InChI is InChI=1S/C20H41N3O2/c1-19(2,3)13-11-17(24)21-14-9-7-8-10-15-22-18(25)12-16-23-20(4,5)6/h23H,7-16H2,1-6H3,(H,21,24)(H,22,25). The molecule has 3 N–H and O–H groups in total. The molecule has 0 bridgehead atoms. The Labute approximate surface area is 155 Å². The lowest BCUT2D eigenvalue weighted by atomic mass is 9.90. The first-order valence-electron chi connectivity index (χ1n) is 9.78. The first kappa shape index (κ1) is 23.9. The molecule has 0 aromatic rings. The van der Waals surface area contributed by atoms with Gasteiger partial charge >= 0.3 is 0 Å². The Kier molecular flexibility index (Phi) is 11.7. The number of carbonyl (C=O) groups is 2. The maximum atomic E-state index is 11.7. The van der Waals surface area contributed by atoms with Gasteiger partial charge in [-0.1, -0.05) is 33.6 Å². The molecule has 5 heteroatoms. The summed E-state index contributed by atoms with van der Waals surface area (Å²) in [6, 6.07) is 0. The highest BCUT2D eigenvalue weighted by Crippen LogP contribution is 2.20. The largest absolute Gasteiger partial charge is 0.356 e. The number of rotatable bonds is 12. The smallest absolute Gasteiger partial charge is 0.221 e. The van der Waals surface area contributed by atoms with Crippen LogP contribution in [0.2, 0.25) is 0 Å². The summed E-state index contributed by atoms with van der Waals surface area (Å²) in [4.78, 5) is 23.4. The molecule has 25 heavy (non-hydrogen) atoms. The molecule has 0 unspecified atom stereocenters. The summed E-state index contributed by atoms with van der Waals surface area (Å²) < 4.78 is 0. The third-order valence-corrected chi connectivity index (χ3v) is 3.86. The van der Waals surface area contributed by atoms with Crippen LogP contribution in [0.15, 0.2) is 0 Å². The second-order valence-electron chi connectivity index (χ2n) is 9.10. The predicted octanol–water partition coefficient (Wildman–Crippen LogP) is 3.38. The minimum atomic E-state index is 0.0580. The molecule has 0 aliphatic carbocycles. The number of nitrogens with one attached hydrogen (secondary N) is 3. The van der Waals surface area contributed by atoms with Crippen LogP contribution in [0.5, 0.6) is 0 Å². The highest BCUT2D eigenvalue weighted by Gasteiger charge is 2.12. The molecule has 148 valence electrons. The molecule has 0 saturated heterocycles. The van der Waals surface area contributed by atoms with E-state index in [2.05, 4.69) is 57.5 Å². The topological polar surface area (TPSA) is 70.2 Å². The SMILES string of the molecule is CC(C)(C)CCC(=O)NCCCCCCNC(=O)CCNC(C)(C)C. The molecule has 2 amide bonds. The minimum absolute atomic E-state index is 0.0580. The Morgan fingerprint density at radius 2 is 1.16 bits per heavy atom. The van der Waals surface area contributed by atoms with Crippen molar-refractivity contribution >= 4 is 11.8 Å². The van der Waals surface area contributed by atoms with Crippen LogP contribution in [-0.4, -0.2) is 37.0 Å². The Hall–Kier alpha value is -1.10. The third-order valence-electron chi connectivity index (χ3n) is 3.86. The van der Waals surface area contributed by atoms with E-state index >= 15 is 0 Å². The minimum Gasteiger partial charge on any atom is -0.356 e. The van der Waals surface area contributed by atoms with Gasteiger partial charge in [-0.05, 0) is 45.4 Å². The van der Waals surface area contributed by atoms with Gasteiger partial charge in [0.25, 0.3) is 0 Å². The number of hydrogen-bond acceptors (Lipinski definition) is 3. The molecule has 5 nitrogen and oxygen atoms in total. The second kappa shape index (κ2) is 12.3. The molecule has 0 spiro atoms. The quantitative estimate of drug-likeness (QED) is 0.470. The van der Waals surface area contributed by atoms with Gasteiger partial charge in [-0.3, -0.25) is 9.59 Å². The summed E-state index contributed by atoms with van der Waals surface area (Å²) in [7, 11) is 0. The van der Waals surface area contributed by atoms with E-state index in [0.29, 0.717) is 19.4 Å². The van der Waals surface area contributed by atoms with Crippen LogP contribution in [-0.2, 0) is 9.59 Å². The van der Waals surface area contributed by atoms with Gasteiger partial charge in [-0.25, -0.2) is 0 Å². The van der Waals surface area contributed by atoms with Crippen molar-refractivity contribution in [2.45, 2.75) is 92.0 Å². The summed E-state index contributed by atoms with van der Waals surface area (Å²) in [6.45, 7) is 15.0. The lowest BCUT2D eigenvalue weighted by molar-refractivity contribution is -0.122. The Bertz CT molecular complexity index is 381. The van der Waals surface area contributed by atoms with E-state index in [9.17, 15) is 9.59 Å². The van der Waals surface area contributed by atoms with E-state index in [1.54, 1.807) is 0 Å². The molecular weight excluding hydrogens is 314 g/mol. The number of hydrogen-bond donors (Lipinski definition) is 3. The first-order chi connectivity index (χ1) is 11.5. The van der Waals surface area contributed by atoms with E-state index in [1.807, 2.05) is 0 Å². The average molecular weight is 356 g/mol.